The second-order valence-corrected chi connectivity index (χ2v) is 12.7. The fraction of sp³-hybridized carbons (Fsp3) is 0.565. The van der Waals surface area contributed by atoms with Gasteiger partial charge in [0.1, 0.15) is 4.21 Å². The van der Waals surface area contributed by atoms with Gasteiger partial charge in [-0.3, -0.25) is 4.90 Å². The number of nitrogens with zero attached hydrogens (tertiary/aromatic N) is 3. The van der Waals surface area contributed by atoms with Gasteiger partial charge in [0.2, 0.25) is 0 Å². The molecule has 0 radical (unpaired) electrons. The highest BCUT2D eigenvalue weighted by Crippen LogP contribution is 2.39. The highest BCUT2D eigenvalue weighted by molar-refractivity contribution is 7.91. The number of thiophene rings is 1. The average Bonchev–Trinajstić information content (AvgIpc) is 3.57. The highest BCUT2D eigenvalue weighted by Gasteiger charge is 2.51. The van der Waals surface area contributed by atoms with Crippen molar-refractivity contribution in [3.63, 3.8) is 0 Å². The lowest BCUT2D eigenvalue weighted by Crippen LogP contribution is -2.59. The number of aliphatic hydroxyl groups is 1. The van der Waals surface area contributed by atoms with E-state index in [0.717, 1.165) is 19.9 Å². The second kappa shape index (κ2) is 9.00. The van der Waals surface area contributed by atoms with Crippen molar-refractivity contribution in [3.05, 3.63) is 47.3 Å². The van der Waals surface area contributed by atoms with Gasteiger partial charge in [-0.05, 0) is 42.5 Å². The third-order valence-corrected chi connectivity index (χ3v) is 10.5. The van der Waals surface area contributed by atoms with Crippen molar-refractivity contribution in [2.24, 2.45) is 0 Å². The van der Waals surface area contributed by atoms with Gasteiger partial charge in [0.05, 0.1) is 18.8 Å². The fourth-order valence-corrected chi connectivity index (χ4v) is 7.81. The number of benzene rings is 1. The Bertz CT molecular complexity index is 1140. The molecule has 0 spiro atoms. The van der Waals surface area contributed by atoms with Crippen molar-refractivity contribution in [1.82, 2.24) is 9.21 Å². The van der Waals surface area contributed by atoms with Crippen LogP contribution in [-0.4, -0.2) is 86.4 Å². The number of halogens is 3. The zero-order valence-corrected chi connectivity index (χ0v) is 20.8. The van der Waals surface area contributed by atoms with Crippen LogP contribution in [0.5, 0.6) is 0 Å². The Hall–Kier alpha value is -1.70. The molecule has 0 amide bonds. The maximum Gasteiger partial charge on any atom is 0.421 e. The van der Waals surface area contributed by atoms with Crippen LogP contribution < -0.4 is 4.90 Å². The average molecular weight is 532 g/mol. The molecule has 0 aliphatic carbocycles. The number of morpholine rings is 1. The van der Waals surface area contributed by atoms with Gasteiger partial charge in [-0.15, -0.1) is 11.3 Å². The monoisotopic (exact) mass is 531 g/mol. The summed E-state index contributed by atoms with van der Waals surface area (Å²) >= 11 is 1.18. The van der Waals surface area contributed by atoms with Crippen LogP contribution in [0.25, 0.3) is 0 Å². The van der Waals surface area contributed by atoms with E-state index in [1.807, 2.05) is 0 Å². The molecule has 3 aliphatic heterocycles. The Morgan fingerprint density at radius 3 is 2.46 bits per heavy atom. The van der Waals surface area contributed by atoms with E-state index in [4.69, 9.17) is 4.74 Å². The summed E-state index contributed by atoms with van der Waals surface area (Å²) in [5.41, 5.74) is -2.49. The van der Waals surface area contributed by atoms with Gasteiger partial charge in [0.25, 0.3) is 10.0 Å². The number of ether oxygens (including phenoxy) is 1. The zero-order valence-electron chi connectivity index (χ0n) is 19.2. The molecule has 1 aromatic heterocycles. The first-order chi connectivity index (χ1) is 16.5. The highest BCUT2D eigenvalue weighted by atomic mass is 32.2. The molecule has 3 aliphatic rings. The summed E-state index contributed by atoms with van der Waals surface area (Å²) in [7, 11) is -3.62. The molecule has 3 fully saturated rings. The summed E-state index contributed by atoms with van der Waals surface area (Å²) in [4.78, 5) is 4.40. The number of fused-ring (bicyclic) bond motifs is 2. The summed E-state index contributed by atoms with van der Waals surface area (Å²) < 4.78 is 73.7. The van der Waals surface area contributed by atoms with Gasteiger partial charge >= 0.3 is 6.18 Å². The van der Waals surface area contributed by atoms with Crippen LogP contribution in [0.1, 0.15) is 18.9 Å². The van der Waals surface area contributed by atoms with E-state index in [-0.39, 0.29) is 30.8 Å². The van der Waals surface area contributed by atoms with Gasteiger partial charge in [-0.1, -0.05) is 18.2 Å². The molecule has 4 heterocycles. The van der Waals surface area contributed by atoms with Crippen molar-refractivity contribution >= 4 is 27.0 Å². The number of anilines is 1. The molecule has 35 heavy (non-hydrogen) atoms. The quantitative estimate of drug-likeness (QED) is 0.618. The van der Waals surface area contributed by atoms with Crippen molar-refractivity contribution in [3.8, 4) is 0 Å². The van der Waals surface area contributed by atoms with Crippen molar-refractivity contribution in [2.75, 3.05) is 44.2 Å². The van der Waals surface area contributed by atoms with Crippen LogP contribution in [0.4, 0.5) is 18.9 Å². The number of alkyl halides is 3. The van der Waals surface area contributed by atoms with Crippen LogP contribution in [0.3, 0.4) is 0 Å². The number of piperazine rings is 1. The molecule has 3 saturated heterocycles. The third-order valence-electron chi connectivity index (χ3n) is 7.31. The van der Waals surface area contributed by atoms with Crippen molar-refractivity contribution in [1.29, 1.82) is 0 Å². The first-order valence-electron chi connectivity index (χ1n) is 11.5. The predicted molar refractivity (Wildman–Crippen MR) is 126 cm³/mol. The van der Waals surface area contributed by atoms with Gasteiger partial charge in [-0.25, -0.2) is 8.42 Å². The van der Waals surface area contributed by atoms with Crippen LogP contribution in [0, 0.1) is 0 Å². The molecule has 4 atom stereocenters. The maximum absolute atomic E-state index is 13.3. The molecule has 2 bridgehead atoms. The normalized spacial score (nSPS) is 27.9. The second-order valence-electron chi connectivity index (χ2n) is 9.56. The van der Waals surface area contributed by atoms with E-state index in [0.29, 0.717) is 35.6 Å². The fourth-order valence-electron chi connectivity index (χ4n) is 5.19. The zero-order chi connectivity index (χ0) is 25.0. The minimum Gasteiger partial charge on any atom is -0.376 e. The van der Waals surface area contributed by atoms with E-state index in [2.05, 4.69) is 9.80 Å². The Kier molecular flexibility index (Phi) is 6.42. The van der Waals surface area contributed by atoms with E-state index in [1.54, 1.807) is 29.6 Å². The minimum atomic E-state index is -4.80. The number of likely N-dealkylation sites (tertiary alicyclic amines) is 1. The van der Waals surface area contributed by atoms with E-state index in [1.165, 1.54) is 27.8 Å². The molecule has 1 aromatic carbocycles. The van der Waals surface area contributed by atoms with E-state index < -0.39 is 21.8 Å². The number of rotatable bonds is 6. The molecule has 4 unspecified atom stereocenters. The van der Waals surface area contributed by atoms with Crippen LogP contribution >= 0.6 is 11.3 Å². The molecule has 5 rings (SSSR count). The Morgan fingerprint density at radius 1 is 1.14 bits per heavy atom. The number of sulfonamides is 1. The minimum absolute atomic E-state index is 0.188. The Labute approximate surface area is 206 Å². The maximum atomic E-state index is 13.3. The van der Waals surface area contributed by atoms with Gasteiger partial charge in [-0.2, -0.15) is 17.5 Å². The third kappa shape index (κ3) is 4.60. The van der Waals surface area contributed by atoms with Gasteiger partial charge in [0, 0.05) is 44.5 Å². The van der Waals surface area contributed by atoms with Crippen LogP contribution in [-0.2, 0) is 20.4 Å². The first-order valence-corrected chi connectivity index (χ1v) is 13.8. The lowest BCUT2D eigenvalue weighted by molar-refractivity contribution is -0.258. The Morgan fingerprint density at radius 2 is 1.89 bits per heavy atom. The van der Waals surface area contributed by atoms with Gasteiger partial charge < -0.3 is 14.7 Å². The molecule has 7 nitrogen and oxygen atoms in total. The summed E-state index contributed by atoms with van der Waals surface area (Å²) in [6.07, 6.45) is -3.63. The first kappa shape index (κ1) is 25.0. The lowest BCUT2D eigenvalue weighted by atomic mass is 9.95. The van der Waals surface area contributed by atoms with E-state index in [9.17, 15) is 26.7 Å². The van der Waals surface area contributed by atoms with Crippen molar-refractivity contribution < 1.29 is 31.4 Å². The standard InChI is InChI=1S/C23H28F3N3O4S2/c1-22(30,23(24,25)26)16-4-6-17(7-5-16)29-9-8-28(35(31,32)21-3-2-10-34-21)13-19(29)12-27-14-20-11-18(27)15-33-20/h2-7,10,18-20,30H,8-9,11-15H2,1H3. The molecular formula is C23H28F3N3O4S2. The largest absolute Gasteiger partial charge is 0.421 e. The van der Waals surface area contributed by atoms with Gasteiger partial charge in [0.15, 0.2) is 5.60 Å². The summed E-state index contributed by atoms with van der Waals surface area (Å²) in [5, 5.41) is 11.7. The molecule has 192 valence electrons. The molecule has 0 saturated carbocycles. The molecule has 1 N–H and O–H groups in total. The number of hydrogen-bond acceptors (Lipinski definition) is 7. The van der Waals surface area contributed by atoms with E-state index >= 15 is 0 Å². The molecule has 2 aromatic rings. The van der Waals surface area contributed by atoms with Crippen LogP contribution in [0.2, 0.25) is 0 Å². The van der Waals surface area contributed by atoms with Crippen molar-refractivity contribution in [2.45, 2.75) is 47.5 Å². The smallest absolute Gasteiger partial charge is 0.376 e. The predicted octanol–water partition coefficient (Wildman–Crippen LogP) is 2.87. The molecular weight excluding hydrogens is 503 g/mol. The van der Waals surface area contributed by atoms with Crippen LogP contribution in [0.15, 0.2) is 46.0 Å². The molecule has 12 heteroatoms. The summed E-state index contributed by atoms with van der Waals surface area (Å²) in [6, 6.07) is 9.16. The summed E-state index contributed by atoms with van der Waals surface area (Å²) in [6.45, 7) is 3.77. The Balaban J connectivity index is 1.40. The topological polar surface area (TPSA) is 73.3 Å². The number of hydrogen-bond donors (Lipinski definition) is 1. The lowest BCUT2D eigenvalue weighted by Gasteiger charge is -2.44. The summed E-state index contributed by atoms with van der Waals surface area (Å²) in [5.74, 6) is 0. The SMILES string of the molecule is CC(O)(c1ccc(N2CCN(S(=O)(=O)c3cccs3)CC2CN2CC3CC2CO3)cc1)C(F)(F)F.